The first-order valence-electron chi connectivity index (χ1n) is 7.83. The van der Waals surface area contributed by atoms with E-state index in [4.69, 9.17) is 4.74 Å². The third-order valence-electron chi connectivity index (χ3n) is 5.34. The second-order valence-corrected chi connectivity index (χ2v) is 6.80. The largest absolute Gasteiger partial charge is 0.393 e. The number of carbonyl (C=O) groups is 3. The molecule has 124 valence electrons. The van der Waals surface area contributed by atoms with Gasteiger partial charge in [-0.3, -0.25) is 14.4 Å². The maximum atomic E-state index is 12.9. The van der Waals surface area contributed by atoms with E-state index in [-0.39, 0.29) is 24.2 Å². The molecule has 2 fully saturated rings. The third kappa shape index (κ3) is 1.70. The standard InChI is InChI=1S/C18H17NO5/c1-10(21)11-3-5-12(6-4-11)19-15(22)13-14(16(19)23)18(9-20)8-7-17(13,2)24-18/h3-8,13-14,20H,9H2,1-2H3/t13-,14-,17+,18-/m1/s1. The molecule has 1 aromatic rings. The fourth-order valence-electron chi connectivity index (χ4n) is 4.14. The molecule has 0 saturated carbocycles. The molecule has 3 heterocycles. The number of hydrogen-bond acceptors (Lipinski definition) is 5. The number of amides is 2. The third-order valence-corrected chi connectivity index (χ3v) is 5.34. The Kier molecular flexibility index (Phi) is 2.93. The number of fused-ring (bicyclic) bond motifs is 5. The molecule has 24 heavy (non-hydrogen) atoms. The van der Waals surface area contributed by atoms with Gasteiger partial charge in [-0.15, -0.1) is 0 Å². The smallest absolute Gasteiger partial charge is 0.241 e. The number of aliphatic hydroxyl groups excluding tert-OH is 1. The Labute approximate surface area is 138 Å². The van der Waals surface area contributed by atoms with Crippen molar-refractivity contribution in [3.8, 4) is 0 Å². The predicted molar refractivity (Wildman–Crippen MR) is 84.4 cm³/mol. The SMILES string of the molecule is CC(=O)c1ccc(N2C(=O)[C@H]3[C@H](C2=O)[C@]2(C)C=C[C@]3(CO)O2)cc1. The van der Waals surface area contributed by atoms with Crippen LogP contribution in [-0.4, -0.2) is 40.5 Å². The summed E-state index contributed by atoms with van der Waals surface area (Å²) in [4.78, 5) is 38.4. The number of hydrogen-bond donors (Lipinski definition) is 1. The Morgan fingerprint density at radius 2 is 1.79 bits per heavy atom. The molecule has 0 unspecified atom stereocenters. The lowest BCUT2D eigenvalue weighted by Crippen LogP contribution is -2.43. The van der Waals surface area contributed by atoms with Crippen LogP contribution in [0.25, 0.3) is 0 Å². The van der Waals surface area contributed by atoms with E-state index in [0.29, 0.717) is 11.3 Å². The lowest BCUT2D eigenvalue weighted by atomic mass is 9.73. The maximum absolute atomic E-state index is 12.9. The summed E-state index contributed by atoms with van der Waals surface area (Å²) in [6, 6.07) is 6.38. The Morgan fingerprint density at radius 1 is 1.17 bits per heavy atom. The number of aliphatic hydroxyl groups is 1. The lowest BCUT2D eigenvalue weighted by molar-refractivity contribution is -0.131. The van der Waals surface area contributed by atoms with E-state index >= 15 is 0 Å². The molecular formula is C18H17NO5. The fraction of sp³-hybridized carbons (Fsp3) is 0.389. The van der Waals surface area contributed by atoms with Crippen molar-refractivity contribution in [2.45, 2.75) is 25.0 Å². The number of carbonyl (C=O) groups excluding carboxylic acids is 3. The molecule has 3 aliphatic heterocycles. The van der Waals surface area contributed by atoms with Gasteiger partial charge in [-0.05, 0) is 38.1 Å². The van der Waals surface area contributed by atoms with Gasteiger partial charge in [-0.25, -0.2) is 4.90 Å². The van der Waals surface area contributed by atoms with E-state index < -0.39 is 23.0 Å². The molecule has 0 aliphatic carbocycles. The second kappa shape index (κ2) is 4.62. The summed E-state index contributed by atoms with van der Waals surface area (Å²) in [6.07, 6.45) is 3.46. The van der Waals surface area contributed by atoms with E-state index in [1.54, 1.807) is 43.3 Å². The van der Waals surface area contributed by atoms with Crippen LogP contribution in [0.4, 0.5) is 5.69 Å². The van der Waals surface area contributed by atoms with Crippen LogP contribution in [0.2, 0.25) is 0 Å². The molecule has 4 rings (SSSR count). The van der Waals surface area contributed by atoms with Crippen molar-refractivity contribution in [1.29, 1.82) is 0 Å². The zero-order valence-corrected chi connectivity index (χ0v) is 13.4. The van der Waals surface area contributed by atoms with Crippen LogP contribution in [0.5, 0.6) is 0 Å². The Bertz CT molecular complexity index is 798. The number of rotatable bonds is 3. The number of anilines is 1. The predicted octanol–water partition coefficient (Wildman–Crippen LogP) is 1.08. The van der Waals surface area contributed by atoms with Crippen molar-refractivity contribution in [2.75, 3.05) is 11.5 Å². The molecule has 0 radical (unpaired) electrons. The van der Waals surface area contributed by atoms with Gasteiger partial charge in [-0.2, -0.15) is 0 Å². The van der Waals surface area contributed by atoms with E-state index in [1.807, 2.05) is 0 Å². The van der Waals surface area contributed by atoms with Crippen LogP contribution in [0, 0.1) is 11.8 Å². The van der Waals surface area contributed by atoms with Gasteiger partial charge < -0.3 is 9.84 Å². The number of imide groups is 1. The molecule has 1 aromatic carbocycles. The Balaban J connectivity index is 1.75. The van der Waals surface area contributed by atoms with E-state index in [0.717, 1.165) is 4.90 Å². The Hall–Kier alpha value is -2.31. The van der Waals surface area contributed by atoms with Crippen molar-refractivity contribution in [3.63, 3.8) is 0 Å². The van der Waals surface area contributed by atoms with Gasteiger partial charge in [0.25, 0.3) is 0 Å². The van der Waals surface area contributed by atoms with Crippen LogP contribution in [0.15, 0.2) is 36.4 Å². The molecule has 2 bridgehead atoms. The van der Waals surface area contributed by atoms with Gasteiger partial charge in [0.2, 0.25) is 11.8 Å². The zero-order valence-electron chi connectivity index (χ0n) is 13.4. The van der Waals surface area contributed by atoms with Crippen molar-refractivity contribution in [3.05, 3.63) is 42.0 Å². The summed E-state index contributed by atoms with van der Waals surface area (Å²) in [5.41, 5.74) is -1.06. The summed E-state index contributed by atoms with van der Waals surface area (Å²) < 4.78 is 5.87. The molecule has 2 amide bonds. The quantitative estimate of drug-likeness (QED) is 0.510. The van der Waals surface area contributed by atoms with Crippen molar-refractivity contribution in [1.82, 2.24) is 0 Å². The molecule has 0 spiro atoms. The first kappa shape index (κ1) is 15.2. The van der Waals surface area contributed by atoms with Crippen LogP contribution in [0.3, 0.4) is 0 Å². The number of ether oxygens (including phenoxy) is 1. The van der Waals surface area contributed by atoms with Gasteiger partial charge in [0, 0.05) is 5.56 Å². The Morgan fingerprint density at radius 3 is 2.38 bits per heavy atom. The average molecular weight is 327 g/mol. The topological polar surface area (TPSA) is 83.9 Å². The summed E-state index contributed by atoms with van der Waals surface area (Å²) in [6.45, 7) is 2.87. The number of Topliss-reactive ketones (excluding diaryl/α,β-unsaturated/α-hetero) is 1. The highest BCUT2D eigenvalue weighted by molar-refractivity contribution is 6.23. The van der Waals surface area contributed by atoms with Crippen molar-refractivity contribution >= 4 is 23.3 Å². The highest BCUT2D eigenvalue weighted by atomic mass is 16.5. The van der Waals surface area contributed by atoms with Gasteiger partial charge in [0.05, 0.1) is 29.7 Å². The summed E-state index contributed by atoms with van der Waals surface area (Å²) in [5, 5.41) is 9.77. The molecule has 6 nitrogen and oxygen atoms in total. The highest BCUT2D eigenvalue weighted by Crippen LogP contribution is 2.57. The molecule has 1 N–H and O–H groups in total. The lowest BCUT2D eigenvalue weighted by Gasteiger charge is -2.27. The minimum absolute atomic E-state index is 0.0834. The molecule has 2 saturated heterocycles. The van der Waals surface area contributed by atoms with Gasteiger partial charge in [0.1, 0.15) is 5.60 Å². The summed E-state index contributed by atoms with van der Waals surface area (Å²) in [5.74, 6) is -2.16. The minimum Gasteiger partial charge on any atom is -0.393 e. The maximum Gasteiger partial charge on any atom is 0.241 e. The highest BCUT2D eigenvalue weighted by Gasteiger charge is 2.72. The van der Waals surface area contributed by atoms with E-state index in [2.05, 4.69) is 0 Å². The first-order valence-corrected chi connectivity index (χ1v) is 7.83. The summed E-state index contributed by atoms with van der Waals surface area (Å²) >= 11 is 0. The molecule has 3 aliphatic rings. The molecule has 6 heteroatoms. The molecule has 4 atom stereocenters. The monoisotopic (exact) mass is 327 g/mol. The average Bonchev–Trinajstić information content (AvgIpc) is 3.14. The van der Waals surface area contributed by atoms with Gasteiger partial charge >= 0.3 is 0 Å². The zero-order chi connectivity index (χ0) is 17.3. The number of ketones is 1. The first-order chi connectivity index (χ1) is 11.3. The van der Waals surface area contributed by atoms with E-state index in [1.165, 1.54) is 6.92 Å². The van der Waals surface area contributed by atoms with E-state index in [9.17, 15) is 19.5 Å². The molecular weight excluding hydrogens is 310 g/mol. The minimum atomic E-state index is -1.12. The van der Waals surface area contributed by atoms with Crippen LogP contribution >= 0.6 is 0 Å². The van der Waals surface area contributed by atoms with Crippen molar-refractivity contribution < 1.29 is 24.2 Å². The molecule has 0 aromatic heterocycles. The van der Waals surface area contributed by atoms with Crippen molar-refractivity contribution in [2.24, 2.45) is 11.8 Å². The fourth-order valence-corrected chi connectivity index (χ4v) is 4.14. The number of benzene rings is 1. The van der Waals surface area contributed by atoms with Gasteiger partial charge in [-0.1, -0.05) is 12.2 Å². The van der Waals surface area contributed by atoms with Crippen LogP contribution in [0.1, 0.15) is 24.2 Å². The van der Waals surface area contributed by atoms with Crippen LogP contribution in [-0.2, 0) is 14.3 Å². The van der Waals surface area contributed by atoms with Gasteiger partial charge in [0.15, 0.2) is 5.78 Å². The summed E-state index contributed by atoms with van der Waals surface area (Å²) in [7, 11) is 0. The normalized spacial score (nSPS) is 36.5. The second-order valence-electron chi connectivity index (χ2n) is 6.80. The van der Waals surface area contributed by atoms with Crippen LogP contribution < -0.4 is 4.90 Å². The number of nitrogens with zero attached hydrogens (tertiary/aromatic N) is 1.